The molecule has 0 saturated heterocycles. The van der Waals surface area contributed by atoms with Crippen LogP contribution in [0.5, 0.6) is 0 Å². The van der Waals surface area contributed by atoms with Gasteiger partial charge < -0.3 is 4.90 Å². The maximum Gasteiger partial charge on any atom is 0.00385 e. The van der Waals surface area contributed by atoms with Crippen LogP contribution in [0, 0.1) is 5.92 Å². The largest absolute Gasteiger partial charge is 0.301 e. The van der Waals surface area contributed by atoms with Gasteiger partial charge in [-0.3, -0.25) is 0 Å². The molecule has 68 valence electrons. The van der Waals surface area contributed by atoms with Gasteiger partial charge in [-0.05, 0) is 26.3 Å². The highest BCUT2D eigenvalue weighted by Crippen LogP contribution is 2.06. The lowest BCUT2D eigenvalue weighted by atomic mass is 10.1. The lowest BCUT2D eigenvalue weighted by Crippen LogP contribution is -2.34. The van der Waals surface area contributed by atoms with Crippen LogP contribution >= 0.6 is 0 Å². The van der Waals surface area contributed by atoms with Crippen molar-refractivity contribution in [2.24, 2.45) is 5.92 Å². The van der Waals surface area contributed by atoms with Gasteiger partial charge in [-0.1, -0.05) is 27.2 Å². The van der Waals surface area contributed by atoms with Crippen LogP contribution in [0.2, 0.25) is 0 Å². The first-order valence-corrected chi connectivity index (χ1v) is 4.85. The quantitative estimate of drug-likeness (QED) is 0.593. The molecular formula is C10H23N. The van der Waals surface area contributed by atoms with E-state index in [0.717, 1.165) is 5.92 Å². The summed E-state index contributed by atoms with van der Waals surface area (Å²) in [6.45, 7) is 13.8. The van der Waals surface area contributed by atoms with Crippen molar-refractivity contribution in [2.75, 3.05) is 13.1 Å². The van der Waals surface area contributed by atoms with Crippen molar-refractivity contribution < 1.29 is 0 Å². The van der Waals surface area contributed by atoms with Gasteiger partial charge in [0.25, 0.3) is 0 Å². The summed E-state index contributed by atoms with van der Waals surface area (Å²) < 4.78 is 0. The Bertz CT molecular complexity index is 88.9. The topological polar surface area (TPSA) is 3.24 Å². The first-order chi connectivity index (χ1) is 5.11. The summed E-state index contributed by atoms with van der Waals surface area (Å²) in [5.74, 6) is 0.845. The van der Waals surface area contributed by atoms with Gasteiger partial charge in [0.2, 0.25) is 0 Å². The molecule has 0 aromatic carbocycles. The Kier molecular flexibility index (Phi) is 5.57. The monoisotopic (exact) mass is 157 g/mol. The molecule has 0 fully saturated rings. The number of hydrogen-bond donors (Lipinski definition) is 0. The maximum atomic E-state index is 2.52. The Balaban J connectivity index is 3.68. The highest BCUT2D eigenvalue weighted by molar-refractivity contribution is 4.63. The fourth-order valence-corrected chi connectivity index (χ4v) is 1.23. The van der Waals surface area contributed by atoms with Gasteiger partial charge >= 0.3 is 0 Å². The minimum Gasteiger partial charge on any atom is -0.301 e. The Morgan fingerprint density at radius 2 is 1.64 bits per heavy atom. The molecular weight excluding hydrogens is 134 g/mol. The molecule has 0 heterocycles. The average molecular weight is 157 g/mol. The van der Waals surface area contributed by atoms with Crippen LogP contribution in [-0.2, 0) is 0 Å². The first-order valence-electron chi connectivity index (χ1n) is 4.85. The number of nitrogens with zero attached hydrogens (tertiary/aromatic N) is 1. The SMILES string of the molecule is CCC(C)CN(CC)C(C)C. The molecule has 0 N–H and O–H groups in total. The minimum absolute atomic E-state index is 0.703. The Morgan fingerprint density at radius 1 is 1.09 bits per heavy atom. The molecule has 0 bridgehead atoms. The van der Waals surface area contributed by atoms with E-state index in [0.29, 0.717) is 6.04 Å². The van der Waals surface area contributed by atoms with Crippen LogP contribution in [0.4, 0.5) is 0 Å². The third kappa shape index (κ3) is 4.41. The van der Waals surface area contributed by atoms with Gasteiger partial charge in [0.1, 0.15) is 0 Å². The van der Waals surface area contributed by atoms with Crippen LogP contribution in [0.15, 0.2) is 0 Å². The molecule has 1 nitrogen and oxygen atoms in total. The highest BCUT2D eigenvalue weighted by Gasteiger charge is 2.09. The van der Waals surface area contributed by atoms with Crippen molar-refractivity contribution in [3.63, 3.8) is 0 Å². The summed E-state index contributed by atoms with van der Waals surface area (Å²) in [6.07, 6.45) is 1.29. The van der Waals surface area contributed by atoms with E-state index in [1.54, 1.807) is 0 Å². The molecule has 0 spiro atoms. The van der Waals surface area contributed by atoms with E-state index in [4.69, 9.17) is 0 Å². The van der Waals surface area contributed by atoms with Crippen molar-refractivity contribution in [1.29, 1.82) is 0 Å². The van der Waals surface area contributed by atoms with Gasteiger partial charge in [-0.15, -0.1) is 0 Å². The molecule has 1 unspecified atom stereocenters. The lowest BCUT2D eigenvalue weighted by molar-refractivity contribution is 0.200. The molecule has 0 aromatic rings. The van der Waals surface area contributed by atoms with Crippen molar-refractivity contribution in [3.8, 4) is 0 Å². The zero-order chi connectivity index (χ0) is 8.85. The molecule has 0 aliphatic carbocycles. The second kappa shape index (κ2) is 5.59. The summed E-state index contributed by atoms with van der Waals surface area (Å²) in [6, 6.07) is 0.703. The van der Waals surface area contributed by atoms with E-state index in [2.05, 4.69) is 39.5 Å². The van der Waals surface area contributed by atoms with Gasteiger partial charge in [0.15, 0.2) is 0 Å². The molecule has 1 atom stereocenters. The van der Waals surface area contributed by atoms with Crippen molar-refractivity contribution in [1.82, 2.24) is 4.90 Å². The van der Waals surface area contributed by atoms with E-state index in [9.17, 15) is 0 Å². The molecule has 0 aliphatic heterocycles. The summed E-state index contributed by atoms with van der Waals surface area (Å²) in [4.78, 5) is 2.52. The highest BCUT2D eigenvalue weighted by atomic mass is 15.1. The van der Waals surface area contributed by atoms with Crippen LogP contribution in [-0.4, -0.2) is 24.0 Å². The standard InChI is InChI=1S/C10H23N/c1-6-10(5)8-11(7-2)9(3)4/h9-10H,6-8H2,1-5H3. The molecule has 0 rings (SSSR count). The Hall–Kier alpha value is -0.0400. The van der Waals surface area contributed by atoms with Crippen LogP contribution < -0.4 is 0 Å². The zero-order valence-corrected chi connectivity index (χ0v) is 8.72. The van der Waals surface area contributed by atoms with E-state index in [1.165, 1.54) is 19.5 Å². The third-order valence-electron chi connectivity index (χ3n) is 2.38. The molecule has 0 saturated carbocycles. The normalized spacial score (nSPS) is 14.5. The molecule has 0 aliphatic rings. The minimum atomic E-state index is 0.703. The van der Waals surface area contributed by atoms with Gasteiger partial charge in [-0.25, -0.2) is 0 Å². The van der Waals surface area contributed by atoms with E-state index in [-0.39, 0.29) is 0 Å². The third-order valence-corrected chi connectivity index (χ3v) is 2.38. The maximum absolute atomic E-state index is 2.52. The molecule has 11 heavy (non-hydrogen) atoms. The molecule has 1 heteroatoms. The molecule has 0 radical (unpaired) electrons. The second-order valence-corrected chi connectivity index (χ2v) is 3.69. The van der Waals surface area contributed by atoms with Crippen LogP contribution in [0.1, 0.15) is 41.0 Å². The fourth-order valence-electron chi connectivity index (χ4n) is 1.23. The fraction of sp³-hybridized carbons (Fsp3) is 1.00. The van der Waals surface area contributed by atoms with Crippen molar-refractivity contribution in [3.05, 3.63) is 0 Å². The number of hydrogen-bond acceptors (Lipinski definition) is 1. The summed E-state index contributed by atoms with van der Waals surface area (Å²) in [5.41, 5.74) is 0. The van der Waals surface area contributed by atoms with Gasteiger partial charge in [-0.2, -0.15) is 0 Å². The van der Waals surface area contributed by atoms with Crippen LogP contribution in [0.25, 0.3) is 0 Å². The Morgan fingerprint density at radius 3 is 1.91 bits per heavy atom. The molecule has 0 aromatic heterocycles. The zero-order valence-electron chi connectivity index (χ0n) is 8.72. The average Bonchev–Trinajstić information content (AvgIpc) is 1.99. The van der Waals surface area contributed by atoms with Crippen molar-refractivity contribution >= 4 is 0 Å². The van der Waals surface area contributed by atoms with Gasteiger partial charge in [0.05, 0.1) is 0 Å². The van der Waals surface area contributed by atoms with Crippen molar-refractivity contribution in [2.45, 2.75) is 47.1 Å². The van der Waals surface area contributed by atoms with E-state index < -0.39 is 0 Å². The summed E-state index contributed by atoms with van der Waals surface area (Å²) in [7, 11) is 0. The number of rotatable bonds is 5. The summed E-state index contributed by atoms with van der Waals surface area (Å²) in [5, 5.41) is 0. The van der Waals surface area contributed by atoms with Crippen LogP contribution in [0.3, 0.4) is 0 Å². The smallest absolute Gasteiger partial charge is 0.00385 e. The lowest BCUT2D eigenvalue weighted by Gasteiger charge is -2.27. The Labute approximate surface area is 71.8 Å². The summed E-state index contributed by atoms with van der Waals surface area (Å²) >= 11 is 0. The predicted molar refractivity (Wildman–Crippen MR) is 51.8 cm³/mol. The second-order valence-electron chi connectivity index (χ2n) is 3.69. The molecule has 0 amide bonds. The predicted octanol–water partition coefficient (Wildman–Crippen LogP) is 2.76. The van der Waals surface area contributed by atoms with E-state index >= 15 is 0 Å². The van der Waals surface area contributed by atoms with Gasteiger partial charge in [0, 0.05) is 12.6 Å². The van der Waals surface area contributed by atoms with E-state index in [1.807, 2.05) is 0 Å². The first kappa shape index (κ1) is 11.0.